The Hall–Kier alpha value is -2.72. The lowest BCUT2D eigenvalue weighted by atomic mass is 10.2. The molecule has 1 aromatic heterocycles. The second kappa shape index (κ2) is 6.89. The van der Waals surface area contributed by atoms with Crippen molar-refractivity contribution in [2.75, 3.05) is 7.05 Å². The predicted octanol–water partition coefficient (Wildman–Crippen LogP) is 1.97. The molecular formula is C15H13ClN4O5S. The summed E-state index contributed by atoms with van der Waals surface area (Å²) in [5.41, 5.74) is 0.624. The van der Waals surface area contributed by atoms with Gasteiger partial charge in [0.2, 0.25) is 5.82 Å². The second-order valence-corrected chi connectivity index (χ2v) is 7.35. The van der Waals surface area contributed by atoms with E-state index in [0.717, 1.165) is 10.5 Å². The van der Waals surface area contributed by atoms with Crippen molar-refractivity contribution in [1.29, 1.82) is 0 Å². The molecule has 2 heterocycles. The van der Waals surface area contributed by atoms with Crippen LogP contribution in [-0.2, 0) is 26.3 Å². The SMILES string of the molecule is CC1=NS(=O)(=O)N(C)C=C1C(=O)OCc1noc(-c2ccccc2Cl)n1. The molecule has 2 aromatic rings. The van der Waals surface area contributed by atoms with Crippen molar-refractivity contribution in [2.45, 2.75) is 13.5 Å². The van der Waals surface area contributed by atoms with Gasteiger partial charge in [-0.15, -0.1) is 4.40 Å². The number of rotatable bonds is 4. The predicted molar refractivity (Wildman–Crippen MR) is 92.4 cm³/mol. The summed E-state index contributed by atoms with van der Waals surface area (Å²) in [4.78, 5) is 16.3. The highest BCUT2D eigenvalue weighted by Gasteiger charge is 2.26. The van der Waals surface area contributed by atoms with Crippen LogP contribution in [0.2, 0.25) is 5.02 Å². The lowest BCUT2D eigenvalue weighted by molar-refractivity contribution is -0.140. The molecule has 1 aliphatic heterocycles. The van der Waals surface area contributed by atoms with Gasteiger partial charge in [0.1, 0.15) is 0 Å². The Morgan fingerprint density at radius 3 is 2.81 bits per heavy atom. The van der Waals surface area contributed by atoms with Crippen molar-refractivity contribution in [3.05, 3.63) is 46.9 Å². The van der Waals surface area contributed by atoms with Crippen molar-refractivity contribution in [1.82, 2.24) is 14.4 Å². The Bertz CT molecular complexity index is 1030. The summed E-state index contributed by atoms with van der Waals surface area (Å²) < 4.78 is 37.7. The Labute approximate surface area is 154 Å². The van der Waals surface area contributed by atoms with Crippen LogP contribution >= 0.6 is 11.6 Å². The number of hydrogen-bond acceptors (Lipinski definition) is 7. The Morgan fingerprint density at radius 2 is 2.08 bits per heavy atom. The number of nitrogens with zero attached hydrogens (tertiary/aromatic N) is 4. The quantitative estimate of drug-likeness (QED) is 0.725. The fraction of sp³-hybridized carbons (Fsp3) is 0.200. The van der Waals surface area contributed by atoms with Crippen LogP contribution in [-0.4, -0.2) is 41.6 Å². The smallest absolute Gasteiger partial charge is 0.344 e. The fourth-order valence-corrected chi connectivity index (χ4v) is 3.12. The first kappa shape index (κ1) is 18.1. The van der Waals surface area contributed by atoms with Gasteiger partial charge in [-0.2, -0.15) is 13.4 Å². The molecule has 1 aromatic carbocycles. The Balaban J connectivity index is 1.70. The minimum atomic E-state index is -3.79. The van der Waals surface area contributed by atoms with Crippen LogP contribution in [0.5, 0.6) is 0 Å². The summed E-state index contributed by atoms with van der Waals surface area (Å²) in [7, 11) is -2.52. The number of carbonyl (C=O) groups is 1. The minimum absolute atomic E-state index is 0.0251. The molecule has 26 heavy (non-hydrogen) atoms. The van der Waals surface area contributed by atoms with E-state index in [9.17, 15) is 13.2 Å². The van der Waals surface area contributed by atoms with E-state index in [-0.39, 0.29) is 29.6 Å². The first-order valence-corrected chi connectivity index (χ1v) is 9.07. The van der Waals surface area contributed by atoms with E-state index in [0.29, 0.717) is 10.6 Å². The first-order chi connectivity index (χ1) is 12.3. The third kappa shape index (κ3) is 3.60. The van der Waals surface area contributed by atoms with E-state index in [1.807, 2.05) is 0 Å². The van der Waals surface area contributed by atoms with E-state index in [1.165, 1.54) is 14.0 Å². The van der Waals surface area contributed by atoms with E-state index >= 15 is 0 Å². The van der Waals surface area contributed by atoms with Crippen LogP contribution in [0, 0.1) is 0 Å². The van der Waals surface area contributed by atoms with Crippen LogP contribution in [0.4, 0.5) is 0 Å². The number of benzene rings is 1. The molecule has 0 bridgehead atoms. The molecule has 9 nitrogen and oxygen atoms in total. The monoisotopic (exact) mass is 396 g/mol. The van der Waals surface area contributed by atoms with Gasteiger partial charge in [-0.25, -0.2) is 4.79 Å². The number of aromatic nitrogens is 2. The lowest BCUT2D eigenvalue weighted by Gasteiger charge is -2.18. The Morgan fingerprint density at radius 1 is 1.35 bits per heavy atom. The first-order valence-electron chi connectivity index (χ1n) is 7.29. The lowest BCUT2D eigenvalue weighted by Crippen LogP contribution is -2.29. The van der Waals surface area contributed by atoms with Gasteiger partial charge in [-0.1, -0.05) is 28.9 Å². The molecule has 0 spiro atoms. The van der Waals surface area contributed by atoms with E-state index in [4.69, 9.17) is 20.9 Å². The molecule has 0 amide bonds. The van der Waals surface area contributed by atoms with Gasteiger partial charge < -0.3 is 9.26 Å². The average molecular weight is 397 g/mol. The summed E-state index contributed by atoms with van der Waals surface area (Å²) in [5.74, 6) is -0.417. The molecule has 0 N–H and O–H groups in total. The summed E-state index contributed by atoms with van der Waals surface area (Å²) in [5, 5.41) is 4.18. The van der Waals surface area contributed by atoms with Crippen LogP contribution < -0.4 is 0 Å². The number of halogens is 1. The van der Waals surface area contributed by atoms with Crippen LogP contribution in [0.1, 0.15) is 12.7 Å². The van der Waals surface area contributed by atoms with Gasteiger partial charge in [-0.3, -0.25) is 4.31 Å². The van der Waals surface area contributed by atoms with Crippen molar-refractivity contribution in [2.24, 2.45) is 4.40 Å². The van der Waals surface area contributed by atoms with Crippen LogP contribution in [0.25, 0.3) is 11.5 Å². The molecule has 0 radical (unpaired) electrons. The van der Waals surface area contributed by atoms with Crippen molar-refractivity contribution < 1.29 is 22.5 Å². The second-order valence-electron chi connectivity index (χ2n) is 5.29. The zero-order valence-corrected chi connectivity index (χ0v) is 15.3. The number of esters is 1. The molecule has 1 aliphatic rings. The highest BCUT2D eigenvalue weighted by molar-refractivity contribution is 7.88. The van der Waals surface area contributed by atoms with Crippen LogP contribution in [0.3, 0.4) is 0 Å². The highest BCUT2D eigenvalue weighted by Crippen LogP contribution is 2.26. The summed E-state index contributed by atoms with van der Waals surface area (Å²) in [6.45, 7) is 1.15. The summed E-state index contributed by atoms with van der Waals surface area (Å²) in [6, 6.07) is 6.94. The van der Waals surface area contributed by atoms with Crippen molar-refractivity contribution in [3.63, 3.8) is 0 Å². The minimum Gasteiger partial charge on any atom is -0.454 e. The molecule has 3 rings (SSSR count). The van der Waals surface area contributed by atoms with Gasteiger partial charge in [0.25, 0.3) is 5.89 Å². The highest BCUT2D eigenvalue weighted by atomic mass is 35.5. The average Bonchev–Trinajstić information content (AvgIpc) is 3.05. The van der Waals surface area contributed by atoms with E-state index in [2.05, 4.69) is 14.5 Å². The third-order valence-corrected chi connectivity index (χ3v) is 5.11. The number of carbonyl (C=O) groups excluding carboxylic acids is 1. The molecule has 0 aliphatic carbocycles. The standard InChI is InChI=1S/C15H13ClN4O5S/c1-9-11(7-20(2)26(22,23)19-9)15(21)24-8-13-17-14(25-18-13)10-5-3-4-6-12(10)16/h3-7H,8H2,1-2H3. The summed E-state index contributed by atoms with van der Waals surface area (Å²) >= 11 is 6.06. The van der Waals surface area contributed by atoms with Gasteiger partial charge in [0.15, 0.2) is 6.61 Å². The largest absolute Gasteiger partial charge is 0.454 e. The molecular weight excluding hydrogens is 384 g/mol. The van der Waals surface area contributed by atoms with E-state index < -0.39 is 16.2 Å². The molecule has 0 saturated carbocycles. The van der Waals surface area contributed by atoms with Gasteiger partial charge >= 0.3 is 16.2 Å². The third-order valence-electron chi connectivity index (χ3n) is 3.44. The topological polar surface area (TPSA) is 115 Å². The molecule has 136 valence electrons. The normalized spacial score (nSPS) is 16.0. The molecule has 0 saturated heterocycles. The van der Waals surface area contributed by atoms with Gasteiger partial charge in [0.05, 0.1) is 21.9 Å². The maximum absolute atomic E-state index is 12.2. The molecule has 0 atom stereocenters. The van der Waals surface area contributed by atoms with Crippen molar-refractivity contribution >= 4 is 33.5 Å². The van der Waals surface area contributed by atoms with Crippen molar-refractivity contribution in [3.8, 4) is 11.5 Å². The molecule has 0 fully saturated rings. The molecule has 11 heteroatoms. The summed E-state index contributed by atoms with van der Waals surface area (Å²) in [6.07, 6.45) is 1.14. The Kier molecular flexibility index (Phi) is 4.79. The number of hydrogen-bond donors (Lipinski definition) is 0. The molecule has 0 unspecified atom stereocenters. The number of ether oxygens (including phenoxy) is 1. The maximum Gasteiger partial charge on any atom is 0.344 e. The van der Waals surface area contributed by atoms with Gasteiger partial charge in [0, 0.05) is 13.2 Å². The zero-order chi connectivity index (χ0) is 18.9. The fourth-order valence-electron chi connectivity index (χ4n) is 2.09. The van der Waals surface area contributed by atoms with Gasteiger partial charge in [-0.05, 0) is 19.1 Å². The maximum atomic E-state index is 12.2. The zero-order valence-electron chi connectivity index (χ0n) is 13.7. The van der Waals surface area contributed by atoms with Crippen LogP contribution in [0.15, 0.2) is 45.0 Å². The van der Waals surface area contributed by atoms with E-state index in [1.54, 1.807) is 24.3 Å².